The number of nitrogens with one attached hydrogen (secondary N) is 2. The first-order valence-corrected chi connectivity index (χ1v) is 11.5. The van der Waals surface area contributed by atoms with Crippen molar-refractivity contribution in [2.24, 2.45) is 0 Å². The fourth-order valence-corrected chi connectivity index (χ4v) is 4.30. The molecule has 1 amide bonds. The van der Waals surface area contributed by atoms with Crippen molar-refractivity contribution in [3.8, 4) is 11.4 Å². The smallest absolute Gasteiger partial charge is 0.231 e. The predicted molar refractivity (Wildman–Crippen MR) is 120 cm³/mol. The minimum Gasteiger partial charge on any atom is -0.342 e. The molecule has 0 aliphatic rings. The van der Waals surface area contributed by atoms with Gasteiger partial charge in [-0.2, -0.15) is 0 Å². The molecule has 1 unspecified atom stereocenters. The SMILES string of the molecule is CCc1ccc(-c2nc(SCC(=O)NC(c3ccccc3)c3nccs3)n[nH]2)cc1. The largest absolute Gasteiger partial charge is 0.342 e. The molecule has 1 atom stereocenters. The molecular formula is C22H21N5OS2. The Kier molecular flexibility index (Phi) is 6.56. The van der Waals surface area contributed by atoms with E-state index in [2.05, 4.69) is 44.5 Å². The van der Waals surface area contributed by atoms with Gasteiger partial charge < -0.3 is 5.32 Å². The molecule has 0 fully saturated rings. The first-order chi connectivity index (χ1) is 14.7. The van der Waals surface area contributed by atoms with E-state index in [9.17, 15) is 4.79 Å². The van der Waals surface area contributed by atoms with Gasteiger partial charge in [0, 0.05) is 17.1 Å². The lowest BCUT2D eigenvalue weighted by Gasteiger charge is -2.16. The number of thioether (sulfide) groups is 1. The monoisotopic (exact) mass is 435 g/mol. The van der Waals surface area contributed by atoms with E-state index < -0.39 is 0 Å². The Hall–Kier alpha value is -2.97. The van der Waals surface area contributed by atoms with E-state index in [0.717, 1.165) is 22.6 Å². The van der Waals surface area contributed by atoms with Crippen molar-refractivity contribution in [1.29, 1.82) is 0 Å². The summed E-state index contributed by atoms with van der Waals surface area (Å²) < 4.78 is 0. The summed E-state index contributed by atoms with van der Waals surface area (Å²) in [5.74, 6) is 0.828. The lowest BCUT2D eigenvalue weighted by Crippen LogP contribution is -2.30. The Morgan fingerprint density at radius 2 is 1.97 bits per heavy atom. The van der Waals surface area contributed by atoms with Crippen molar-refractivity contribution < 1.29 is 4.79 Å². The van der Waals surface area contributed by atoms with Crippen molar-refractivity contribution in [1.82, 2.24) is 25.5 Å². The van der Waals surface area contributed by atoms with Crippen molar-refractivity contribution in [2.75, 3.05) is 5.75 Å². The zero-order valence-electron chi connectivity index (χ0n) is 16.4. The number of benzene rings is 2. The highest BCUT2D eigenvalue weighted by Gasteiger charge is 2.19. The Bertz CT molecular complexity index is 1080. The van der Waals surface area contributed by atoms with E-state index >= 15 is 0 Å². The molecule has 2 heterocycles. The number of carbonyl (C=O) groups is 1. The Labute approximate surface area is 183 Å². The Balaban J connectivity index is 1.39. The average molecular weight is 436 g/mol. The van der Waals surface area contributed by atoms with E-state index in [1.54, 1.807) is 6.20 Å². The van der Waals surface area contributed by atoms with E-state index in [0.29, 0.717) is 11.0 Å². The number of carbonyl (C=O) groups excluding carboxylic acids is 1. The predicted octanol–water partition coefficient (Wildman–Crippen LogP) is 4.49. The summed E-state index contributed by atoms with van der Waals surface area (Å²) in [5.41, 5.74) is 3.25. The summed E-state index contributed by atoms with van der Waals surface area (Å²) in [6.07, 6.45) is 2.75. The van der Waals surface area contributed by atoms with E-state index in [4.69, 9.17) is 0 Å². The van der Waals surface area contributed by atoms with E-state index in [1.807, 2.05) is 47.8 Å². The number of thiazole rings is 1. The van der Waals surface area contributed by atoms with Gasteiger partial charge in [-0.05, 0) is 17.5 Å². The number of rotatable bonds is 8. The molecule has 0 spiro atoms. The topological polar surface area (TPSA) is 83.6 Å². The van der Waals surface area contributed by atoms with Crippen LogP contribution in [0.3, 0.4) is 0 Å². The number of hydrogen-bond donors (Lipinski definition) is 2. The molecule has 2 N–H and O–H groups in total. The van der Waals surface area contributed by atoms with Crippen molar-refractivity contribution in [2.45, 2.75) is 24.5 Å². The molecule has 2 aromatic carbocycles. The quantitative estimate of drug-likeness (QED) is 0.399. The molecule has 6 nitrogen and oxygen atoms in total. The van der Waals surface area contributed by atoms with Crippen molar-refractivity contribution in [3.63, 3.8) is 0 Å². The van der Waals surface area contributed by atoms with Gasteiger partial charge in [-0.15, -0.1) is 16.4 Å². The third kappa shape index (κ3) is 4.95. The summed E-state index contributed by atoms with van der Waals surface area (Å²) in [5, 5.41) is 13.6. The minimum absolute atomic E-state index is 0.0947. The highest BCUT2D eigenvalue weighted by Crippen LogP contribution is 2.24. The fraction of sp³-hybridized carbons (Fsp3) is 0.182. The van der Waals surface area contributed by atoms with Crippen LogP contribution in [0.1, 0.15) is 29.1 Å². The second-order valence-electron chi connectivity index (χ2n) is 6.59. The summed E-state index contributed by atoms with van der Waals surface area (Å²) in [6, 6.07) is 17.8. The van der Waals surface area contributed by atoms with E-state index in [1.165, 1.54) is 28.7 Å². The molecular weight excluding hydrogens is 414 g/mol. The summed E-state index contributed by atoms with van der Waals surface area (Å²) in [4.78, 5) is 21.5. The lowest BCUT2D eigenvalue weighted by molar-refractivity contribution is -0.119. The molecule has 4 aromatic rings. The molecule has 2 aromatic heterocycles. The lowest BCUT2D eigenvalue weighted by atomic mass is 10.1. The zero-order valence-corrected chi connectivity index (χ0v) is 18.0. The first-order valence-electron chi connectivity index (χ1n) is 9.61. The van der Waals surface area contributed by atoms with Crippen LogP contribution in [-0.4, -0.2) is 31.8 Å². The molecule has 0 aliphatic carbocycles. The van der Waals surface area contributed by atoms with Crippen LogP contribution in [-0.2, 0) is 11.2 Å². The highest BCUT2D eigenvalue weighted by molar-refractivity contribution is 7.99. The molecule has 8 heteroatoms. The maximum atomic E-state index is 12.6. The van der Waals surface area contributed by atoms with Crippen LogP contribution in [0.5, 0.6) is 0 Å². The normalized spacial score (nSPS) is 11.9. The van der Waals surface area contributed by atoms with E-state index in [-0.39, 0.29) is 17.7 Å². The van der Waals surface area contributed by atoms with Gasteiger partial charge in [0.05, 0.1) is 5.75 Å². The Morgan fingerprint density at radius 3 is 2.67 bits per heavy atom. The van der Waals surface area contributed by atoms with Gasteiger partial charge >= 0.3 is 0 Å². The van der Waals surface area contributed by atoms with Crippen LogP contribution in [0.4, 0.5) is 0 Å². The molecule has 0 saturated carbocycles. The fourth-order valence-electron chi connectivity index (χ4n) is 2.98. The number of aromatic nitrogens is 4. The molecule has 0 radical (unpaired) electrons. The highest BCUT2D eigenvalue weighted by atomic mass is 32.2. The van der Waals surface area contributed by atoms with Gasteiger partial charge in [0.25, 0.3) is 0 Å². The second-order valence-corrected chi connectivity index (χ2v) is 8.46. The summed E-state index contributed by atoms with van der Waals surface area (Å²) in [7, 11) is 0. The van der Waals surface area contributed by atoms with Gasteiger partial charge in [-0.25, -0.2) is 9.97 Å². The van der Waals surface area contributed by atoms with Gasteiger partial charge in [0.1, 0.15) is 11.0 Å². The minimum atomic E-state index is -0.265. The van der Waals surface area contributed by atoms with Crippen LogP contribution in [0.2, 0.25) is 0 Å². The number of amides is 1. The van der Waals surface area contributed by atoms with Crippen LogP contribution < -0.4 is 5.32 Å². The van der Waals surface area contributed by atoms with Gasteiger partial charge in [0.2, 0.25) is 11.1 Å². The standard InChI is InChI=1S/C22H21N5OS2/c1-2-15-8-10-17(11-9-15)20-25-22(27-26-20)30-14-18(28)24-19(21-23-12-13-29-21)16-6-4-3-5-7-16/h3-13,19H,2,14H2,1H3,(H,24,28)(H,25,26,27). The van der Waals surface area contributed by atoms with Crippen LogP contribution in [0.25, 0.3) is 11.4 Å². The van der Waals surface area contributed by atoms with Gasteiger partial charge in [-0.3, -0.25) is 9.89 Å². The number of H-pyrrole nitrogens is 1. The molecule has 30 heavy (non-hydrogen) atoms. The van der Waals surface area contributed by atoms with Crippen molar-refractivity contribution in [3.05, 3.63) is 82.3 Å². The molecule has 0 bridgehead atoms. The average Bonchev–Trinajstić information content (AvgIpc) is 3.49. The molecule has 152 valence electrons. The molecule has 0 saturated heterocycles. The zero-order chi connectivity index (χ0) is 20.8. The van der Waals surface area contributed by atoms with Crippen LogP contribution in [0.15, 0.2) is 71.3 Å². The van der Waals surface area contributed by atoms with Crippen molar-refractivity contribution >= 4 is 29.0 Å². The summed E-state index contributed by atoms with van der Waals surface area (Å²) in [6.45, 7) is 2.13. The van der Waals surface area contributed by atoms with Gasteiger partial charge in [0.15, 0.2) is 5.82 Å². The number of aryl methyl sites for hydroxylation is 1. The maximum absolute atomic E-state index is 12.6. The molecule has 4 rings (SSSR count). The Morgan fingerprint density at radius 1 is 1.17 bits per heavy atom. The third-order valence-electron chi connectivity index (χ3n) is 4.57. The number of nitrogens with zero attached hydrogens (tertiary/aromatic N) is 3. The molecule has 0 aliphatic heterocycles. The van der Waals surface area contributed by atoms with Crippen LogP contribution >= 0.6 is 23.1 Å². The number of hydrogen-bond acceptors (Lipinski definition) is 6. The first kappa shape index (κ1) is 20.3. The second kappa shape index (κ2) is 9.69. The summed E-state index contributed by atoms with van der Waals surface area (Å²) >= 11 is 2.83. The van der Waals surface area contributed by atoms with Crippen LogP contribution in [0, 0.1) is 0 Å². The third-order valence-corrected chi connectivity index (χ3v) is 6.26. The maximum Gasteiger partial charge on any atom is 0.231 e. The number of aromatic amines is 1. The van der Waals surface area contributed by atoms with Gasteiger partial charge in [-0.1, -0.05) is 73.3 Å².